The maximum Gasteiger partial charge on any atom is 0.330 e. The highest BCUT2D eigenvalue weighted by atomic mass is 28.4. The Hall–Kier alpha value is -1.10. The van der Waals surface area contributed by atoms with Gasteiger partial charge in [-0.2, -0.15) is 0 Å². The monoisotopic (exact) mass is 328 g/mol. The van der Waals surface area contributed by atoms with Crippen LogP contribution in [0, 0.1) is 17.8 Å². The lowest BCUT2D eigenvalue weighted by Gasteiger charge is -2.35. The van der Waals surface area contributed by atoms with Crippen LogP contribution in [-0.2, 0) is 18.8 Å². The van der Waals surface area contributed by atoms with E-state index in [2.05, 4.69) is 46.3 Å². The van der Waals surface area contributed by atoms with Crippen molar-refractivity contribution >= 4 is 20.3 Å². The number of hydrogen-bond donors (Lipinski definition) is 0. The van der Waals surface area contributed by atoms with Gasteiger partial charge < -0.3 is 9.16 Å². The first-order chi connectivity index (χ1) is 10.1. The van der Waals surface area contributed by atoms with Gasteiger partial charge in [-0.1, -0.05) is 41.5 Å². The topological polar surface area (TPSA) is 52.6 Å². The Morgan fingerprint density at radius 2 is 1.18 bits per heavy atom. The summed E-state index contributed by atoms with van der Waals surface area (Å²) in [4.78, 5) is 23.3. The number of methoxy groups -OCH3 is 1. The summed E-state index contributed by atoms with van der Waals surface area (Å²) >= 11 is 0. The third-order valence-corrected chi connectivity index (χ3v) is 8.53. The maximum atomic E-state index is 12.1. The Labute approximate surface area is 136 Å². The van der Waals surface area contributed by atoms with Gasteiger partial charge in [-0.15, -0.1) is 0 Å². The van der Waals surface area contributed by atoms with Crippen LogP contribution >= 0.6 is 0 Å². The summed E-state index contributed by atoms with van der Waals surface area (Å²) in [7, 11) is -0.898. The molecule has 5 heteroatoms. The van der Waals surface area contributed by atoms with Gasteiger partial charge in [0.1, 0.15) is 0 Å². The van der Waals surface area contributed by atoms with Gasteiger partial charge in [0, 0.05) is 12.2 Å². The fraction of sp³-hybridized carbons (Fsp3) is 0.765. The highest BCUT2D eigenvalue weighted by Gasteiger charge is 2.40. The number of carbonyl (C=O) groups is 2. The van der Waals surface area contributed by atoms with Gasteiger partial charge >= 0.3 is 11.9 Å². The first kappa shape index (κ1) is 20.9. The molecule has 0 rings (SSSR count). The van der Waals surface area contributed by atoms with Gasteiger partial charge in [0.05, 0.1) is 7.11 Å². The molecule has 0 amide bonds. The molecule has 0 aromatic carbocycles. The zero-order valence-electron chi connectivity index (χ0n) is 15.1. The minimum atomic E-state index is -2.18. The quantitative estimate of drug-likeness (QED) is 0.362. The predicted octanol–water partition coefficient (Wildman–Crippen LogP) is 4.17. The highest BCUT2D eigenvalue weighted by molar-refractivity contribution is 6.75. The van der Waals surface area contributed by atoms with Gasteiger partial charge in [0.25, 0.3) is 8.32 Å². The van der Waals surface area contributed by atoms with Crippen LogP contribution in [0.2, 0.25) is 18.1 Å². The summed E-state index contributed by atoms with van der Waals surface area (Å²) in [5.74, 6) is 0.504. The van der Waals surface area contributed by atoms with Crippen LogP contribution in [-0.4, -0.2) is 27.4 Å². The minimum Gasteiger partial charge on any atom is -0.516 e. The molecule has 0 aliphatic rings. The van der Waals surface area contributed by atoms with Crippen LogP contribution in [0.4, 0.5) is 0 Å². The summed E-state index contributed by atoms with van der Waals surface area (Å²) in [5.41, 5.74) is 0. The molecule has 128 valence electrons. The fourth-order valence-corrected chi connectivity index (χ4v) is 8.77. The molecule has 0 aromatic heterocycles. The van der Waals surface area contributed by atoms with Crippen molar-refractivity contribution < 1.29 is 18.8 Å². The molecule has 0 N–H and O–H groups in total. The second-order valence-corrected chi connectivity index (χ2v) is 11.0. The lowest BCUT2D eigenvalue weighted by Crippen LogP contribution is -2.43. The molecule has 0 unspecified atom stereocenters. The molecule has 0 aliphatic carbocycles. The molecule has 4 nitrogen and oxygen atoms in total. The molecule has 0 heterocycles. The predicted molar refractivity (Wildman–Crippen MR) is 91.9 cm³/mol. The van der Waals surface area contributed by atoms with Crippen molar-refractivity contribution in [2.75, 3.05) is 7.11 Å². The average Bonchev–Trinajstić information content (AvgIpc) is 2.32. The van der Waals surface area contributed by atoms with Crippen LogP contribution in [0.25, 0.3) is 0 Å². The van der Waals surface area contributed by atoms with E-state index < -0.39 is 20.3 Å². The smallest absolute Gasteiger partial charge is 0.330 e. The van der Waals surface area contributed by atoms with E-state index >= 15 is 0 Å². The van der Waals surface area contributed by atoms with E-state index in [0.29, 0.717) is 17.8 Å². The Bertz CT molecular complexity index is 360. The number of rotatable bonds is 9. The molecule has 0 saturated carbocycles. The van der Waals surface area contributed by atoms with Crippen LogP contribution in [0.1, 0.15) is 41.5 Å². The summed E-state index contributed by atoms with van der Waals surface area (Å²) < 4.78 is 10.5. The minimum absolute atomic E-state index is 0.418. The van der Waals surface area contributed by atoms with Crippen molar-refractivity contribution in [1.29, 1.82) is 0 Å². The standard InChI is InChI=1S/C17H32O4Si/c1-13(2)10-22(11-14(3)4,12-15(5)6)21-17(19)9-8-16(18)20-7/h8-9,13-15H,10-12H2,1-7H3/b9-8+. The summed E-state index contributed by atoms with van der Waals surface area (Å²) in [6.07, 6.45) is 2.32. The molecule has 0 aliphatic heterocycles. The molecule has 0 radical (unpaired) electrons. The van der Waals surface area contributed by atoms with E-state index in [-0.39, 0.29) is 0 Å². The van der Waals surface area contributed by atoms with Crippen molar-refractivity contribution in [3.63, 3.8) is 0 Å². The molecular formula is C17H32O4Si. The number of ether oxygens (including phenoxy) is 1. The maximum absolute atomic E-state index is 12.1. The van der Waals surface area contributed by atoms with Gasteiger partial charge in [-0.25, -0.2) is 9.59 Å². The fourth-order valence-electron chi connectivity index (χ4n) is 3.06. The zero-order valence-corrected chi connectivity index (χ0v) is 16.1. The van der Waals surface area contributed by atoms with Crippen LogP contribution < -0.4 is 0 Å². The number of carbonyl (C=O) groups excluding carboxylic acids is 2. The molecule has 0 atom stereocenters. The van der Waals surface area contributed by atoms with Gasteiger partial charge in [-0.05, 0) is 35.9 Å². The molecular weight excluding hydrogens is 296 g/mol. The molecule has 0 aromatic rings. The van der Waals surface area contributed by atoms with E-state index in [1.807, 2.05) is 0 Å². The van der Waals surface area contributed by atoms with Crippen LogP contribution in [0.5, 0.6) is 0 Å². The summed E-state index contributed by atoms with van der Waals surface area (Å²) in [6, 6.07) is 2.88. The number of esters is 1. The third kappa shape index (κ3) is 9.03. The largest absolute Gasteiger partial charge is 0.516 e. The van der Waals surface area contributed by atoms with Crippen molar-refractivity contribution in [2.24, 2.45) is 17.8 Å². The Balaban J connectivity index is 5.20. The first-order valence-corrected chi connectivity index (χ1v) is 10.6. The van der Waals surface area contributed by atoms with Gasteiger partial charge in [0.15, 0.2) is 0 Å². The van der Waals surface area contributed by atoms with E-state index in [4.69, 9.17) is 4.43 Å². The van der Waals surface area contributed by atoms with E-state index in [0.717, 1.165) is 24.2 Å². The van der Waals surface area contributed by atoms with Crippen molar-refractivity contribution in [3.8, 4) is 0 Å². The number of hydrogen-bond acceptors (Lipinski definition) is 4. The zero-order chi connectivity index (χ0) is 17.3. The molecule has 0 bridgehead atoms. The lowest BCUT2D eigenvalue weighted by molar-refractivity contribution is -0.136. The molecule has 0 spiro atoms. The first-order valence-electron chi connectivity index (χ1n) is 8.09. The normalized spacial score (nSPS) is 12.5. The molecule has 22 heavy (non-hydrogen) atoms. The summed E-state index contributed by atoms with van der Waals surface area (Å²) in [5, 5.41) is 0. The van der Waals surface area contributed by atoms with Crippen molar-refractivity contribution in [2.45, 2.75) is 59.7 Å². The highest BCUT2D eigenvalue weighted by Crippen LogP contribution is 2.33. The Morgan fingerprint density at radius 3 is 1.50 bits per heavy atom. The van der Waals surface area contributed by atoms with Gasteiger partial charge in [-0.3, -0.25) is 0 Å². The van der Waals surface area contributed by atoms with Crippen LogP contribution in [0.15, 0.2) is 12.2 Å². The second kappa shape index (κ2) is 9.82. The average molecular weight is 329 g/mol. The van der Waals surface area contributed by atoms with E-state index in [9.17, 15) is 9.59 Å². The van der Waals surface area contributed by atoms with Crippen LogP contribution in [0.3, 0.4) is 0 Å². The second-order valence-electron chi connectivity index (χ2n) is 7.25. The third-order valence-electron chi connectivity index (χ3n) is 3.21. The SMILES string of the molecule is COC(=O)/C=C/C(=O)O[Si](CC(C)C)(CC(C)C)CC(C)C. The van der Waals surface area contributed by atoms with Crippen molar-refractivity contribution in [3.05, 3.63) is 12.2 Å². The van der Waals surface area contributed by atoms with E-state index in [1.165, 1.54) is 13.2 Å². The van der Waals surface area contributed by atoms with Gasteiger partial charge in [0.2, 0.25) is 0 Å². The lowest BCUT2D eigenvalue weighted by atomic mass is 10.2. The Kier molecular flexibility index (Phi) is 9.33. The molecule has 0 fully saturated rings. The summed E-state index contributed by atoms with van der Waals surface area (Å²) in [6.45, 7) is 13.0. The van der Waals surface area contributed by atoms with E-state index in [1.54, 1.807) is 0 Å². The Morgan fingerprint density at radius 1 is 0.818 bits per heavy atom. The van der Waals surface area contributed by atoms with Crippen molar-refractivity contribution in [1.82, 2.24) is 0 Å². The molecule has 0 saturated heterocycles.